The molecule has 4 heteroatoms. The smallest absolute Gasteiger partial charge is 0.240 e. The van der Waals surface area contributed by atoms with Crippen LogP contribution >= 0.6 is 31.9 Å². The SMILES string of the molecule is Cc1cc(N2CCCC(Br)C2=O)cc(C)c1Br. The standard InChI is InChI=1S/C13H15Br2NO/c1-8-6-10(7-9(2)12(8)15)16-5-3-4-11(14)13(16)17/h6-7,11H,3-5H2,1-2H3. The minimum atomic E-state index is -0.0273. The van der Waals surface area contributed by atoms with Gasteiger partial charge in [-0.1, -0.05) is 31.9 Å². The number of carbonyl (C=O) groups is 1. The van der Waals surface area contributed by atoms with Crippen molar-refractivity contribution in [1.29, 1.82) is 0 Å². The Morgan fingerprint density at radius 2 is 1.88 bits per heavy atom. The van der Waals surface area contributed by atoms with Crippen molar-refractivity contribution in [2.24, 2.45) is 0 Å². The van der Waals surface area contributed by atoms with Crippen LogP contribution in [-0.2, 0) is 4.79 Å². The molecule has 0 aliphatic carbocycles. The minimum absolute atomic E-state index is 0.0273. The maximum atomic E-state index is 12.1. The van der Waals surface area contributed by atoms with E-state index in [-0.39, 0.29) is 10.7 Å². The first-order valence-electron chi connectivity index (χ1n) is 5.73. The van der Waals surface area contributed by atoms with Gasteiger partial charge < -0.3 is 4.90 Å². The van der Waals surface area contributed by atoms with Gasteiger partial charge in [0.25, 0.3) is 0 Å². The van der Waals surface area contributed by atoms with Crippen LogP contribution in [0.2, 0.25) is 0 Å². The van der Waals surface area contributed by atoms with Crippen LogP contribution in [0.15, 0.2) is 16.6 Å². The summed E-state index contributed by atoms with van der Waals surface area (Å²) in [5.41, 5.74) is 3.35. The van der Waals surface area contributed by atoms with Gasteiger partial charge in [-0.05, 0) is 49.9 Å². The second kappa shape index (κ2) is 5.11. The van der Waals surface area contributed by atoms with Crippen LogP contribution in [0.1, 0.15) is 24.0 Å². The molecular formula is C13H15Br2NO. The molecule has 1 unspecified atom stereocenters. The Morgan fingerprint density at radius 3 is 2.47 bits per heavy atom. The molecule has 1 heterocycles. The quantitative estimate of drug-likeness (QED) is 0.694. The zero-order chi connectivity index (χ0) is 12.6. The van der Waals surface area contributed by atoms with E-state index in [0.29, 0.717) is 0 Å². The number of nitrogens with zero attached hydrogens (tertiary/aromatic N) is 1. The van der Waals surface area contributed by atoms with Crippen LogP contribution < -0.4 is 4.90 Å². The summed E-state index contributed by atoms with van der Waals surface area (Å²) in [5.74, 6) is 0.178. The number of benzene rings is 1. The zero-order valence-electron chi connectivity index (χ0n) is 9.96. The molecular weight excluding hydrogens is 346 g/mol. The Morgan fingerprint density at radius 1 is 1.29 bits per heavy atom. The van der Waals surface area contributed by atoms with Gasteiger partial charge >= 0.3 is 0 Å². The van der Waals surface area contributed by atoms with Crippen molar-refractivity contribution in [1.82, 2.24) is 0 Å². The molecule has 1 atom stereocenters. The number of anilines is 1. The van der Waals surface area contributed by atoms with Crippen molar-refractivity contribution in [3.63, 3.8) is 0 Å². The largest absolute Gasteiger partial charge is 0.311 e. The van der Waals surface area contributed by atoms with Gasteiger partial charge in [0, 0.05) is 16.7 Å². The van der Waals surface area contributed by atoms with Crippen molar-refractivity contribution in [2.75, 3.05) is 11.4 Å². The van der Waals surface area contributed by atoms with Gasteiger partial charge in [0.1, 0.15) is 0 Å². The fourth-order valence-corrected chi connectivity index (χ4v) is 2.97. The lowest BCUT2D eigenvalue weighted by molar-refractivity contribution is -0.118. The number of amides is 1. The monoisotopic (exact) mass is 359 g/mol. The van der Waals surface area contributed by atoms with Crippen LogP contribution in [0.25, 0.3) is 0 Å². The molecule has 0 N–H and O–H groups in total. The fourth-order valence-electron chi connectivity index (χ4n) is 2.17. The number of piperidine rings is 1. The van der Waals surface area contributed by atoms with Crippen LogP contribution in [0, 0.1) is 13.8 Å². The Hall–Kier alpha value is -0.350. The van der Waals surface area contributed by atoms with E-state index < -0.39 is 0 Å². The third kappa shape index (κ3) is 2.58. The summed E-state index contributed by atoms with van der Waals surface area (Å²) in [6.45, 7) is 4.93. The fraction of sp³-hybridized carbons (Fsp3) is 0.462. The number of alkyl halides is 1. The van der Waals surface area contributed by atoms with Gasteiger partial charge in [0.2, 0.25) is 5.91 Å². The number of hydrogen-bond donors (Lipinski definition) is 0. The molecule has 0 saturated carbocycles. The molecule has 92 valence electrons. The topological polar surface area (TPSA) is 20.3 Å². The number of aryl methyl sites for hydroxylation is 2. The lowest BCUT2D eigenvalue weighted by Crippen LogP contribution is -2.41. The summed E-state index contributed by atoms with van der Waals surface area (Å²) in [5, 5.41) is 0. The molecule has 0 radical (unpaired) electrons. The molecule has 2 rings (SSSR count). The predicted molar refractivity (Wildman–Crippen MR) is 77.9 cm³/mol. The van der Waals surface area contributed by atoms with Gasteiger partial charge in [0.05, 0.1) is 4.83 Å². The molecule has 17 heavy (non-hydrogen) atoms. The van der Waals surface area contributed by atoms with Crippen LogP contribution in [0.3, 0.4) is 0 Å². The first-order valence-corrected chi connectivity index (χ1v) is 7.44. The molecule has 1 aliphatic rings. The van der Waals surface area contributed by atoms with Crippen molar-refractivity contribution >= 4 is 43.5 Å². The highest BCUT2D eigenvalue weighted by Crippen LogP contribution is 2.30. The number of rotatable bonds is 1. The molecule has 1 fully saturated rings. The van der Waals surface area contributed by atoms with Gasteiger partial charge in [0.15, 0.2) is 0 Å². The third-order valence-electron chi connectivity index (χ3n) is 3.11. The molecule has 0 aromatic heterocycles. The van der Waals surface area contributed by atoms with E-state index in [1.807, 2.05) is 4.90 Å². The molecule has 0 spiro atoms. The van der Waals surface area contributed by atoms with Crippen molar-refractivity contribution in [2.45, 2.75) is 31.5 Å². The lowest BCUT2D eigenvalue weighted by atomic mass is 10.1. The highest BCUT2D eigenvalue weighted by Gasteiger charge is 2.27. The zero-order valence-corrected chi connectivity index (χ0v) is 13.1. The van der Waals surface area contributed by atoms with E-state index in [1.54, 1.807) is 0 Å². The number of hydrogen-bond acceptors (Lipinski definition) is 1. The van der Waals surface area contributed by atoms with Crippen LogP contribution in [0.5, 0.6) is 0 Å². The molecule has 1 saturated heterocycles. The van der Waals surface area contributed by atoms with E-state index in [9.17, 15) is 4.79 Å². The van der Waals surface area contributed by atoms with Crippen molar-refractivity contribution < 1.29 is 4.79 Å². The second-order valence-electron chi connectivity index (χ2n) is 4.49. The number of carbonyl (C=O) groups excluding carboxylic acids is 1. The first-order chi connectivity index (χ1) is 8.00. The summed E-state index contributed by atoms with van der Waals surface area (Å²) in [4.78, 5) is 14.0. The second-order valence-corrected chi connectivity index (χ2v) is 6.39. The Kier molecular flexibility index (Phi) is 3.93. The summed E-state index contributed by atoms with van der Waals surface area (Å²) >= 11 is 6.99. The summed E-state index contributed by atoms with van der Waals surface area (Å²) in [6, 6.07) is 4.14. The minimum Gasteiger partial charge on any atom is -0.311 e. The molecule has 1 amide bonds. The predicted octanol–water partition coefficient (Wildman–Crippen LogP) is 3.96. The van der Waals surface area contributed by atoms with Crippen LogP contribution in [0.4, 0.5) is 5.69 Å². The maximum Gasteiger partial charge on any atom is 0.240 e. The van der Waals surface area contributed by atoms with Gasteiger partial charge in [-0.3, -0.25) is 4.79 Å². The average molecular weight is 361 g/mol. The first kappa shape index (κ1) is 13.1. The summed E-state index contributed by atoms with van der Waals surface area (Å²) in [6.07, 6.45) is 1.99. The molecule has 1 aromatic rings. The Balaban J connectivity index is 2.37. The van der Waals surface area contributed by atoms with Crippen molar-refractivity contribution in [3.8, 4) is 0 Å². The third-order valence-corrected chi connectivity index (χ3v) is 5.21. The average Bonchev–Trinajstić information content (AvgIpc) is 2.29. The van der Waals surface area contributed by atoms with E-state index >= 15 is 0 Å². The van der Waals surface area contributed by atoms with E-state index in [0.717, 1.165) is 29.5 Å². The maximum absolute atomic E-state index is 12.1. The highest BCUT2D eigenvalue weighted by molar-refractivity contribution is 9.10. The van der Waals surface area contributed by atoms with Gasteiger partial charge in [-0.25, -0.2) is 0 Å². The van der Waals surface area contributed by atoms with Crippen molar-refractivity contribution in [3.05, 3.63) is 27.7 Å². The molecule has 1 aliphatic heterocycles. The summed E-state index contributed by atoms with van der Waals surface area (Å²) in [7, 11) is 0. The van der Waals surface area contributed by atoms with Gasteiger partial charge in [-0.2, -0.15) is 0 Å². The Bertz CT molecular complexity index is 436. The van der Waals surface area contributed by atoms with Crippen LogP contribution in [-0.4, -0.2) is 17.3 Å². The molecule has 0 bridgehead atoms. The lowest BCUT2D eigenvalue weighted by Gasteiger charge is -2.30. The van der Waals surface area contributed by atoms with Gasteiger partial charge in [-0.15, -0.1) is 0 Å². The normalized spacial score (nSPS) is 20.8. The Labute approximate surface area is 119 Å². The summed E-state index contributed by atoms with van der Waals surface area (Å²) < 4.78 is 1.13. The molecule has 2 nitrogen and oxygen atoms in total. The van der Waals surface area contributed by atoms with E-state index in [1.165, 1.54) is 11.1 Å². The van der Waals surface area contributed by atoms with E-state index in [2.05, 4.69) is 57.8 Å². The highest BCUT2D eigenvalue weighted by atomic mass is 79.9. The molecule has 1 aromatic carbocycles. The number of halogens is 2. The van der Waals surface area contributed by atoms with E-state index in [4.69, 9.17) is 0 Å².